The van der Waals surface area contributed by atoms with Crippen LogP contribution in [0.2, 0.25) is 0 Å². The van der Waals surface area contributed by atoms with Crippen LogP contribution >= 0.6 is 0 Å². The fraction of sp³-hybridized carbons (Fsp3) is 0.214. The van der Waals surface area contributed by atoms with E-state index in [1.165, 1.54) is 0 Å². The van der Waals surface area contributed by atoms with Gasteiger partial charge in [-0.25, -0.2) is 9.59 Å². The van der Waals surface area contributed by atoms with Crippen molar-refractivity contribution in [2.75, 3.05) is 0 Å². The summed E-state index contributed by atoms with van der Waals surface area (Å²) in [7, 11) is 0. The van der Waals surface area contributed by atoms with Crippen LogP contribution in [0.4, 0.5) is 4.79 Å². The largest absolute Gasteiger partial charge is 0.489 e. The SMILES string of the molecule is O=C(N[C@H](Cc1ccc(OCc2ccccc2)cc1)C(=O)ON1C(=O)CCC1=O)OCc1ccccc1. The van der Waals surface area contributed by atoms with E-state index in [-0.39, 0.29) is 25.9 Å². The smallest absolute Gasteiger partial charge is 0.408 e. The molecule has 9 nitrogen and oxygen atoms in total. The van der Waals surface area contributed by atoms with Crippen molar-refractivity contribution in [3.05, 3.63) is 102 Å². The number of nitrogens with one attached hydrogen (secondary N) is 1. The Labute approximate surface area is 213 Å². The Morgan fingerprint density at radius 2 is 1.32 bits per heavy atom. The highest BCUT2D eigenvalue weighted by Crippen LogP contribution is 2.17. The molecule has 3 aromatic rings. The molecule has 37 heavy (non-hydrogen) atoms. The highest BCUT2D eigenvalue weighted by Gasteiger charge is 2.35. The summed E-state index contributed by atoms with van der Waals surface area (Å²) in [5.74, 6) is -1.53. The van der Waals surface area contributed by atoms with E-state index < -0.39 is 29.9 Å². The molecule has 1 atom stereocenters. The van der Waals surface area contributed by atoms with Crippen molar-refractivity contribution in [2.45, 2.75) is 38.5 Å². The third kappa shape index (κ3) is 7.41. The summed E-state index contributed by atoms with van der Waals surface area (Å²) in [4.78, 5) is 54.1. The molecular weight excluding hydrogens is 476 g/mol. The van der Waals surface area contributed by atoms with Gasteiger partial charge in [0.15, 0.2) is 0 Å². The molecule has 190 valence electrons. The Hall–Kier alpha value is -4.66. The first kappa shape index (κ1) is 25.4. The maximum atomic E-state index is 12.9. The van der Waals surface area contributed by atoms with Crippen LogP contribution in [0.15, 0.2) is 84.9 Å². The lowest BCUT2D eigenvalue weighted by Crippen LogP contribution is -2.46. The van der Waals surface area contributed by atoms with E-state index in [1.54, 1.807) is 36.4 Å². The first-order valence-corrected chi connectivity index (χ1v) is 11.8. The molecule has 3 amide bonds. The molecule has 0 unspecified atom stereocenters. The predicted molar refractivity (Wildman–Crippen MR) is 132 cm³/mol. The van der Waals surface area contributed by atoms with Crippen molar-refractivity contribution in [3.63, 3.8) is 0 Å². The number of rotatable bonds is 10. The van der Waals surface area contributed by atoms with Gasteiger partial charge in [0.1, 0.15) is 25.0 Å². The maximum absolute atomic E-state index is 12.9. The summed E-state index contributed by atoms with van der Waals surface area (Å²) in [5, 5.41) is 2.94. The van der Waals surface area contributed by atoms with Gasteiger partial charge in [0.25, 0.3) is 11.8 Å². The Balaban J connectivity index is 1.39. The van der Waals surface area contributed by atoms with Crippen LogP contribution in [0, 0.1) is 0 Å². The van der Waals surface area contributed by atoms with E-state index in [9.17, 15) is 19.2 Å². The molecule has 0 aliphatic carbocycles. The van der Waals surface area contributed by atoms with Gasteiger partial charge in [0, 0.05) is 19.3 Å². The highest BCUT2D eigenvalue weighted by atomic mass is 16.7. The van der Waals surface area contributed by atoms with Crippen molar-refractivity contribution in [2.24, 2.45) is 0 Å². The number of ether oxygens (including phenoxy) is 2. The van der Waals surface area contributed by atoms with E-state index >= 15 is 0 Å². The molecule has 4 rings (SSSR count). The predicted octanol–water partition coefficient (Wildman–Crippen LogP) is 3.71. The molecular formula is C28H26N2O7. The fourth-order valence-electron chi connectivity index (χ4n) is 3.61. The number of benzene rings is 3. The lowest BCUT2D eigenvalue weighted by molar-refractivity contribution is -0.198. The highest BCUT2D eigenvalue weighted by molar-refractivity contribution is 6.01. The molecule has 1 aliphatic heterocycles. The number of carbonyl (C=O) groups is 4. The van der Waals surface area contributed by atoms with Crippen molar-refractivity contribution in [3.8, 4) is 5.75 Å². The summed E-state index contributed by atoms with van der Waals surface area (Å²) < 4.78 is 11.0. The number of alkyl carbamates (subject to hydrolysis) is 1. The second-order valence-corrected chi connectivity index (χ2v) is 8.37. The van der Waals surface area contributed by atoms with Gasteiger partial charge >= 0.3 is 12.1 Å². The second-order valence-electron chi connectivity index (χ2n) is 8.37. The molecule has 1 fully saturated rings. The molecule has 0 spiro atoms. The Morgan fingerprint density at radius 3 is 1.92 bits per heavy atom. The number of hydroxylamine groups is 2. The average molecular weight is 503 g/mol. The molecule has 0 saturated carbocycles. The van der Waals surface area contributed by atoms with E-state index in [2.05, 4.69) is 5.32 Å². The molecule has 0 aromatic heterocycles. The number of carbonyl (C=O) groups excluding carboxylic acids is 4. The van der Waals surface area contributed by atoms with Crippen LogP contribution in [0.25, 0.3) is 0 Å². The molecule has 0 bridgehead atoms. The summed E-state index contributed by atoms with van der Waals surface area (Å²) >= 11 is 0. The lowest BCUT2D eigenvalue weighted by atomic mass is 10.1. The topological polar surface area (TPSA) is 111 Å². The third-order valence-electron chi connectivity index (χ3n) is 5.59. The zero-order valence-corrected chi connectivity index (χ0v) is 20.0. The van der Waals surface area contributed by atoms with Crippen molar-refractivity contribution >= 4 is 23.9 Å². The lowest BCUT2D eigenvalue weighted by Gasteiger charge is -2.20. The van der Waals surface area contributed by atoms with Gasteiger partial charge in [0.05, 0.1) is 0 Å². The van der Waals surface area contributed by atoms with Crippen LogP contribution in [0.1, 0.15) is 29.5 Å². The van der Waals surface area contributed by atoms with E-state index in [4.69, 9.17) is 14.3 Å². The van der Waals surface area contributed by atoms with Gasteiger partial charge < -0.3 is 19.6 Å². The number of hydrogen-bond donors (Lipinski definition) is 1. The monoisotopic (exact) mass is 502 g/mol. The summed E-state index contributed by atoms with van der Waals surface area (Å²) in [6.07, 6.45) is -0.872. The van der Waals surface area contributed by atoms with Gasteiger partial charge in [-0.05, 0) is 28.8 Å². The van der Waals surface area contributed by atoms with Gasteiger partial charge in [0.2, 0.25) is 0 Å². The van der Waals surface area contributed by atoms with Crippen molar-refractivity contribution < 1.29 is 33.5 Å². The standard InChI is InChI=1S/C28H26N2O7/c31-25-15-16-26(32)30(25)37-27(33)24(29-28(34)36-19-22-9-5-2-6-10-22)17-20-11-13-23(14-12-20)35-18-21-7-3-1-4-8-21/h1-14,24H,15-19H2,(H,29,34)/t24-/m1/s1. The number of nitrogens with zero attached hydrogens (tertiary/aromatic N) is 1. The summed E-state index contributed by atoms with van der Waals surface area (Å²) in [6, 6.07) is 24.6. The normalized spacial score (nSPS) is 13.7. The summed E-state index contributed by atoms with van der Waals surface area (Å²) in [5.41, 5.74) is 2.49. The zero-order chi connectivity index (χ0) is 26.0. The molecule has 0 radical (unpaired) electrons. The van der Waals surface area contributed by atoms with Gasteiger partial charge in [-0.3, -0.25) is 9.59 Å². The number of hydrogen-bond acceptors (Lipinski definition) is 7. The number of amides is 3. The molecule has 1 heterocycles. The minimum atomic E-state index is -1.21. The zero-order valence-electron chi connectivity index (χ0n) is 20.0. The van der Waals surface area contributed by atoms with Gasteiger partial charge in [-0.1, -0.05) is 72.8 Å². The third-order valence-corrected chi connectivity index (χ3v) is 5.59. The first-order chi connectivity index (χ1) is 18.0. The van der Waals surface area contributed by atoms with Crippen LogP contribution in [-0.2, 0) is 43.6 Å². The molecule has 1 N–H and O–H groups in total. The minimum Gasteiger partial charge on any atom is -0.489 e. The van der Waals surface area contributed by atoms with Gasteiger partial charge in [-0.15, -0.1) is 5.06 Å². The Kier molecular flexibility index (Phi) is 8.49. The van der Waals surface area contributed by atoms with E-state index in [0.717, 1.165) is 11.1 Å². The van der Waals surface area contributed by atoms with E-state index in [0.29, 0.717) is 23.0 Å². The van der Waals surface area contributed by atoms with E-state index in [1.807, 2.05) is 48.5 Å². The van der Waals surface area contributed by atoms with Gasteiger partial charge in [-0.2, -0.15) is 0 Å². The molecule has 3 aromatic carbocycles. The molecule has 9 heteroatoms. The van der Waals surface area contributed by atoms with Crippen LogP contribution in [-0.4, -0.2) is 35.0 Å². The quantitative estimate of drug-likeness (QED) is 0.421. The summed E-state index contributed by atoms with van der Waals surface area (Å²) in [6.45, 7) is 0.410. The fourth-order valence-corrected chi connectivity index (χ4v) is 3.61. The molecule has 1 saturated heterocycles. The average Bonchev–Trinajstić information content (AvgIpc) is 3.24. The minimum absolute atomic E-state index is 0.00495. The van der Waals surface area contributed by atoms with Crippen LogP contribution in [0.5, 0.6) is 5.75 Å². The van der Waals surface area contributed by atoms with Crippen LogP contribution < -0.4 is 10.1 Å². The van der Waals surface area contributed by atoms with Crippen molar-refractivity contribution in [1.82, 2.24) is 10.4 Å². The van der Waals surface area contributed by atoms with Crippen LogP contribution in [0.3, 0.4) is 0 Å². The van der Waals surface area contributed by atoms with Crippen molar-refractivity contribution in [1.29, 1.82) is 0 Å². The Bertz CT molecular complexity index is 1210. The Morgan fingerprint density at radius 1 is 0.757 bits per heavy atom. The maximum Gasteiger partial charge on any atom is 0.408 e. The first-order valence-electron chi connectivity index (χ1n) is 11.8. The molecule has 1 aliphatic rings. The number of imide groups is 1. The second kappa shape index (κ2) is 12.3.